The molecule has 19 heavy (non-hydrogen) atoms. The molecule has 1 aliphatic rings. The van der Waals surface area contributed by atoms with E-state index in [9.17, 15) is 0 Å². The molecule has 0 spiro atoms. The highest BCUT2D eigenvalue weighted by molar-refractivity contribution is 5.33. The Morgan fingerprint density at radius 1 is 1.21 bits per heavy atom. The average molecular weight is 261 g/mol. The van der Waals surface area contributed by atoms with Crippen molar-refractivity contribution in [3.63, 3.8) is 0 Å². The van der Waals surface area contributed by atoms with E-state index in [2.05, 4.69) is 12.1 Å². The van der Waals surface area contributed by atoms with Gasteiger partial charge in [-0.1, -0.05) is 50.3 Å². The minimum absolute atomic E-state index is 0.262. The maximum Gasteiger partial charge on any atom is 0.122 e. The summed E-state index contributed by atoms with van der Waals surface area (Å²) in [5.41, 5.74) is 7.53. The molecule has 1 aromatic rings. The third kappa shape index (κ3) is 4.54. The summed E-state index contributed by atoms with van der Waals surface area (Å²) in [6.07, 6.45) is 10.5. The fraction of sp³-hybridized carbons (Fsp3) is 0.647. The van der Waals surface area contributed by atoms with E-state index in [1.165, 1.54) is 44.1 Å². The molecule has 0 radical (unpaired) electrons. The molecule has 0 saturated heterocycles. The summed E-state index contributed by atoms with van der Waals surface area (Å²) in [5.74, 6) is 1.90. The van der Waals surface area contributed by atoms with Crippen LogP contribution in [0.4, 0.5) is 0 Å². The van der Waals surface area contributed by atoms with E-state index in [-0.39, 0.29) is 6.04 Å². The Morgan fingerprint density at radius 3 is 2.68 bits per heavy atom. The van der Waals surface area contributed by atoms with E-state index < -0.39 is 0 Å². The number of methoxy groups -OCH3 is 1. The molecular formula is C17H27NO. The monoisotopic (exact) mass is 261 g/mol. The quantitative estimate of drug-likeness (QED) is 0.842. The molecule has 1 atom stereocenters. The fourth-order valence-electron chi connectivity index (χ4n) is 3.18. The van der Waals surface area contributed by atoms with Crippen molar-refractivity contribution in [3.8, 4) is 5.75 Å². The highest BCUT2D eigenvalue weighted by Crippen LogP contribution is 2.28. The zero-order valence-corrected chi connectivity index (χ0v) is 12.1. The molecule has 0 heterocycles. The smallest absolute Gasteiger partial charge is 0.122 e. The van der Waals surface area contributed by atoms with Gasteiger partial charge in [0.1, 0.15) is 5.75 Å². The molecule has 0 amide bonds. The van der Waals surface area contributed by atoms with E-state index in [1.54, 1.807) is 7.11 Å². The van der Waals surface area contributed by atoms with Crippen LogP contribution in [0.5, 0.6) is 5.75 Å². The molecule has 2 nitrogen and oxygen atoms in total. The van der Waals surface area contributed by atoms with Crippen LogP contribution in [0, 0.1) is 5.92 Å². The highest BCUT2D eigenvalue weighted by atomic mass is 16.5. The van der Waals surface area contributed by atoms with Crippen molar-refractivity contribution < 1.29 is 4.74 Å². The van der Waals surface area contributed by atoms with Crippen molar-refractivity contribution >= 4 is 0 Å². The molecule has 2 heteroatoms. The molecule has 1 aromatic carbocycles. The van der Waals surface area contributed by atoms with E-state index in [1.807, 2.05) is 12.1 Å². The molecule has 1 aliphatic carbocycles. The molecule has 0 aliphatic heterocycles. The van der Waals surface area contributed by atoms with Crippen LogP contribution < -0.4 is 10.5 Å². The number of para-hydroxylation sites is 1. The third-order valence-electron chi connectivity index (χ3n) is 4.35. The van der Waals surface area contributed by atoms with Crippen LogP contribution >= 0.6 is 0 Å². The van der Waals surface area contributed by atoms with Gasteiger partial charge < -0.3 is 10.5 Å². The normalized spacial score (nSPS) is 18.2. The molecule has 1 unspecified atom stereocenters. The Kier molecular flexibility index (Phi) is 5.71. The lowest BCUT2D eigenvalue weighted by molar-refractivity contribution is 0.322. The standard InChI is InChI=1S/C17H27NO/c1-19-17-10-6-5-9-15(17)13-16(18)12-11-14-7-3-2-4-8-14/h5-6,9-10,14,16H,2-4,7-8,11-13,18H2,1H3. The van der Waals surface area contributed by atoms with Gasteiger partial charge in [-0.05, 0) is 36.8 Å². The lowest BCUT2D eigenvalue weighted by Crippen LogP contribution is -2.24. The van der Waals surface area contributed by atoms with Crippen LogP contribution in [0.2, 0.25) is 0 Å². The Labute approximate surface area is 117 Å². The van der Waals surface area contributed by atoms with Gasteiger partial charge in [-0.15, -0.1) is 0 Å². The summed E-state index contributed by atoms with van der Waals surface area (Å²) in [5, 5.41) is 0. The van der Waals surface area contributed by atoms with Crippen molar-refractivity contribution in [2.24, 2.45) is 11.7 Å². The molecule has 106 valence electrons. The summed E-state index contributed by atoms with van der Waals surface area (Å²) in [6.45, 7) is 0. The molecule has 1 fully saturated rings. The minimum Gasteiger partial charge on any atom is -0.496 e. The first-order valence-electron chi connectivity index (χ1n) is 7.67. The molecule has 1 saturated carbocycles. The van der Waals surface area contributed by atoms with Crippen LogP contribution in [-0.2, 0) is 6.42 Å². The van der Waals surface area contributed by atoms with Crippen molar-refractivity contribution in [1.82, 2.24) is 0 Å². The Hall–Kier alpha value is -1.02. The summed E-state index contributed by atoms with van der Waals surface area (Å²) in [4.78, 5) is 0. The first-order valence-corrected chi connectivity index (χ1v) is 7.67. The van der Waals surface area contributed by atoms with Gasteiger partial charge in [0, 0.05) is 6.04 Å². The number of hydrogen-bond donors (Lipinski definition) is 1. The highest BCUT2D eigenvalue weighted by Gasteiger charge is 2.15. The Morgan fingerprint density at radius 2 is 1.95 bits per heavy atom. The number of nitrogens with two attached hydrogens (primary N) is 1. The molecule has 0 bridgehead atoms. The maximum absolute atomic E-state index is 6.29. The van der Waals surface area contributed by atoms with Crippen molar-refractivity contribution in [3.05, 3.63) is 29.8 Å². The second kappa shape index (κ2) is 7.54. The summed E-state index contributed by atoms with van der Waals surface area (Å²) < 4.78 is 5.39. The zero-order valence-electron chi connectivity index (χ0n) is 12.1. The third-order valence-corrected chi connectivity index (χ3v) is 4.35. The SMILES string of the molecule is COc1ccccc1CC(N)CCC1CCCCC1. The fourth-order valence-corrected chi connectivity index (χ4v) is 3.18. The van der Waals surface area contributed by atoms with Crippen LogP contribution in [-0.4, -0.2) is 13.2 Å². The topological polar surface area (TPSA) is 35.2 Å². The van der Waals surface area contributed by atoms with Gasteiger partial charge in [0.15, 0.2) is 0 Å². The minimum atomic E-state index is 0.262. The maximum atomic E-state index is 6.29. The van der Waals surface area contributed by atoms with Crippen molar-refractivity contribution in [2.45, 2.75) is 57.4 Å². The van der Waals surface area contributed by atoms with Gasteiger partial charge in [0.05, 0.1) is 7.11 Å². The first kappa shape index (κ1) is 14.4. The number of hydrogen-bond acceptors (Lipinski definition) is 2. The predicted octanol–water partition coefficient (Wildman–Crippen LogP) is 3.93. The van der Waals surface area contributed by atoms with E-state index in [0.717, 1.165) is 24.5 Å². The van der Waals surface area contributed by atoms with Gasteiger partial charge in [-0.25, -0.2) is 0 Å². The lowest BCUT2D eigenvalue weighted by Gasteiger charge is -2.23. The summed E-state index contributed by atoms with van der Waals surface area (Å²) in [7, 11) is 1.73. The largest absolute Gasteiger partial charge is 0.496 e. The second-order valence-electron chi connectivity index (χ2n) is 5.86. The number of rotatable bonds is 6. The predicted molar refractivity (Wildman–Crippen MR) is 80.5 cm³/mol. The summed E-state index contributed by atoms with van der Waals surface area (Å²) >= 11 is 0. The van der Waals surface area contributed by atoms with Crippen LogP contribution in [0.15, 0.2) is 24.3 Å². The van der Waals surface area contributed by atoms with Crippen LogP contribution in [0.3, 0.4) is 0 Å². The van der Waals surface area contributed by atoms with E-state index >= 15 is 0 Å². The van der Waals surface area contributed by atoms with Crippen molar-refractivity contribution in [1.29, 1.82) is 0 Å². The van der Waals surface area contributed by atoms with Crippen LogP contribution in [0.25, 0.3) is 0 Å². The summed E-state index contributed by atoms with van der Waals surface area (Å²) in [6, 6.07) is 8.47. The van der Waals surface area contributed by atoms with Gasteiger partial charge >= 0.3 is 0 Å². The number of benzene rings is 1. The van der Waals surface area contributed by atoms with Crippen molar-refractivity contribution in [2.75, 3.05) is 7.11 Å². The second-order valence-corrected chi connectivity index (χ2v) is 5.86. The molecular weight excluding hydrogens is 234 g/mol. The zero-order chi connectivity index (χ0) is 13.5. The van der Waals surface area contributed by atoms with E-state index in [0.29, 0.717) is 0 Å². The molecule has 2 N–H and O–H groups in total. The van der Waals surface area contributed by atoms with Gasteiger partial charge in [-0.3, -0.25) is 0 Å². The van der Waals surface area contributed by atoms with Gasteiger partial charge in [0.2, 0.25) is 0 Å². The number of ether oxygens (including phenoxy) is 1. The van der Waals surface area contributed by atoms with Crippen LogP contribution in [0.1, 0.15) is 50.5 Å². The Bertz CT molecular complexity index is 371. The lowest BCUT2D eigenvalue weighted by atomic mass is 9.85. The molecule has 0 aromatic heterocycles. The van der Waals surface area contributed by atoms with E-state index in [4.69, 9.17) is 10.5 Å². The van der Waals surface area contributed by atoms with Gasteiger partial charge in [-0.2, -0.15) is 0 Å². The average Bonchev–Trinajstić information content (AvgIpc) is 2.47. The Balaban J connectivity index is 1.78. The molecule has 2 rings (SSSR count). The first-order chi connectivity index (χ1) is 9.29. The van der Waals surface area contributed by atoms with Gasteiger partial charge in [0.25, 0.3) is 0 Å².